The molecule has 0 aliphatic rings. The molecule has 0 aromatic heterocycles. The van der Waals surface area contributed by atoms with Gasteiger partial charge in [-0.25, -0.2) is 0 Å². The number of aliphatic hydroxyl groups excluding tert-OH is 1. The summed E-state index contributed by atoms with van der Waals surface area (Å²) in [5.74, 6) is -0.214. The third-order valence-electron chi connectivity index (χ3n) is 12.3. The van der Waals surface area contributed by atoms with Crippen LogP contribution in [0.15, 0.2) is 48.6 Å². The van der Waals surface area contributed by atoms with Gasteiger partial charge in [0.05, 0.1) is 39.9 Å². The van der Waals surface area contributed by atoms with Crippen molar-refractivity contribution >= 4 is 13.7 Å². The molecule has 3 atom stereocenters. The summed E-state index contributed by atoms with van der Waals surface area (Å²) < 4.78 is 23.3. The van der Waals surface area contributed by atoms with Gasteiger partial charge in [0.1, 0.15) is 13.2 Å². The molecule has 2 N–H and O–H groups in total. The summed E-state index contributed by atoms with van der Waals surface area (Å²) in [4.78, 5) is 25.5. The number of unbranched alkanes of at least 4 members (excludes halogenated alkanes) is 31. The maximum atomic E-state index is 12.9. The lowest BCUT2D eigenvalue weighted by Gasteiger charge is -2.29. The molecule has 0 rings (SSSR count). The molecule has 3 unspecified atom stereocenters. The highest BCUT2D eigenvalue weighted by atomic mass is 31.2. The fourth-order valence-corrected chi connectivity index (χ4v) is 8.63. The largest absolute Gasteiger partial charge is 0.756 e. The van der Waals surface area contributed by atoms with E-state index in [0.717, 1.165) is 57.8 Å². The first-order valence-electron chi connectivity index (χ1n) is 27.5. The van der Waals surface area contributed by atoms with E-state index in [4.69, 9.17) is 9.05 Å². The number of quaternary nitrogens is 1. The Bertz CT molecular complexity index is 1200. The van der Waals surface area contributed by atoms with Gasteiger partial charge in [-0.3, -0.25) is 9.36 Å². The van der Waals surface area contributed by atoms with Crippen LogP contribution in [0.5, 0.6) is 0 Å². The van der Waals surface area contributed by atoms with Crippen LogP contribution in [0.3, 0.4) is 0 Å². The lowest BCUT2D eigenvalue weighted by molar-refractivity contribution is -0.870. The Kier molecular flexibility index (Phi) is 46.4. The van der Waals surface area contributed by atoms with Crippen LogP contribution in [-0.2, 0) is 18.4 Å². The van der Waals surface area contributed by atoms with Gasteiger partial charge in [0.15, 0.2) is 0 Å². The zero-order chi connectivity index (χ0) is 47.8. The second-order valence-corrected chi connectivity index (χ2v) is 21.3. The average Bonchev–Trinajstić information content (AvgIpc) is 3.26. The second-order valence-electron chi connectivity index (χ2n) is 19.9. The number of likely N-dealkylation sites (N-methyl/N-ethyl adjacent to an activating group) is 1. The third-order valence-corrected chi connectivity index (χ3v) is 13.2. The number of aliphatic hydroxyl groups is 1. The van der Waals surface area contributed by atoms with Crippen molar-refractivity contribution in [3.63, 3.8) is 0 Å². The molecule has 9 heteroatoms. The van der Waals surface area contributed by atoms with E-state index in [0.29, 0.717) is 17.4 Å². The van der Waals surface area contributed by atoms with E-state index < -0.39 is 26.6 Å². The minimum Gasteiger partial charge on any atom is -0.756 e. The monoisotopic (exact) mass is 935 g/mol. The molecule has 0 aliphatic heterocycles. The summed E-state index contributed by atoms with van der Waals surface area (Å²) in [5, 5.41) is 13.8. The first-order valence-corrected chi connectivity index (χ1v) is 29.0. The summed E-state index contributed by atoms with van der Waals surface area (Å²) in [6, 6.07) is -0.909. The Balaban J connectivity index is 4.32. The summed E-state index contributed by atoms with van der Waals surface area (Å²) in [7, 11) is 1.24. The Morgan fingerprint density at radius 3 is 1.34 bits per heavy atom. The van der Waals surface area contributed by atoms with E-state index in [1.807, 2.05) is 27.2 Å². The van der Waals surface area contributed by atoms with Crippen LogP contribution in [-0.4, -0.2) is 68.5 Å². The molecule has 0 aromatic carbocycles. The molecule has 1 amide bonds. The van der Waals surface area contributed by atoms with Crippen molar-refractivity contribution in [3.05, 3.63) is 48.6 Å². The van der Waals surface area contributed by atoms with Gasteiger partial charge in [0, 0.05) is 6.42 Å². The first-order chi connectivity index (χ1) is 31.5. The molecule has 0 aliphatic carbocycles. The van der Waals surface area contributed by atoms with Crippen LogP contribution in [0.4, 0.5) is 0 Å². The van der Waals surface area contributed by atoms with Crippen LogP contribution >= 0.6 is 7.82 Å². The standard InChI is InChI=1S/C56H107N2O6P/c1-6-8-10-12-14-16-18-20-22-24-26-28-29-30-32-34-36-38-40-42-44-46-48-50-56(60)57-54(53-64-65(61,62)63-52-51-58(3,4)5)55(59)49-47-45-43-41-39-37-35-33-31-27-25-23-21-19-17-15-13-11-9-7-2/h26,28,30,32,39,41,47,49,54-55,59H,6-25,27,29,31,33-38,40,42-46,48,50-53H2,1-5H3,(H-,57,60,61,62)/b28-26-,32-30-,41-39+,49-47+. The van der Waals surface area contributed by atoms with Crippen molar-refractivity contribution in [2.75, 3.05) is 40.9 Å². The molecule has 0 saturated heterocycles. The maximum absolute atomic E-state index is 12.9. The minimum absolute atomic E-state index is 0.00885. The summed E-state index contributed by atoms with van der Waals surface area (Å²) in [6.45, 7) is 4.64. The molecule has 382 valence electrons. The number of carbonyl (C=O) groups excluding carboxylic acids is 1. The lowest BCUT2D eigenvalue weighted by Crippen LogP contribution is -2.45. The number of carbonyl (C=O) groups is 1. The molecule has 65 heavy (non-hydrogen) atoms. The van der Waals surface area contributed by atoms with Crippen LogP contribution in [0.1, 0.15) is 251 Å². The maximum Gasteiger partial charge on any atom is 0.268 e. The van der Waals surface area contributed by atoms with Gasteiger partial charge in [-0.15, -0.1) is 0 Å². The topological polar surface area (TPSA) is 108 Å². The number of nitrogens with zero attached hydrogens (tertiary/aromatic N) is 1. The van der Waals surface area contributed by atoms with Crippen molar-refractivity contribution in [2.45, 2.75) is 264 Å². The molecular weight excluding hydrogens is 828 g/mol. The fraction of sp³-hybridized carbons (Fsp3) is 0.839. The fourth-order valence-electron chi connectivity index (χ4n) is 7.91. The van der Waals surface area contributed by atoms with Crippen molar-refractivity contribution < 1.29 is 32.9 Å². The van der Waals surface area contributed by atoms with E-state index >= 15 is 0 Å². The Morgan fingerprint density at radius 1 is 0.538 bits per heavy atom. The molecule has 0 aromatic rings. The highest BCUT2D eigenvalue weighted by Crippen LogP contribution is 2.38. The SMILES string of the molecule is CCCCCCCCCCC/C=C\C/C=C\CCCCCCCCCC(=O)NC(COP(=O)([O-])OCC[N+](C)(C)C)C(O)/C=C/CC/C=C/CCCCCCCCCCCCCCCC. The van der Waals surface area contributed by atoms with Gasteiger partial charge in [-0.05, 0) is 64.2 Å². The number of amides is 1. The molecule has 0 spiro atoms. The molecular formula is C56H107N2O6P. The van der Waals surface area contributed by atoms with Crippen LogP contribution in [0, 0.1) is 0 Å². The van der Waals surface area contributed by atoms with Crippen LogP contribution < -0.4 is 10.2 Å². The van der Waals surface area contributed by atoms with Crippen molar-refractivity contribution in [1.29, 1.82) is 0 Å². The van der Waals surface area contributed by atoms with Crippen molar-refractivity contribution in [1.82, 2.24) is 5.32 Å². The predicted octanol–water partition coefficient (Wildman–Crippen LogP) is 15.7. The summed E-state index contributed by atoms with van der Waals surface area (Å²) >= 11 is 0. The third kappa shape index (κ3) is 50.2. The van der Waals surface area contributed by atoms with Crippen molar-refractivity contribution in [2.24, 2.45) is 0 Å². The molecule has 0 saturated carbocycles. The van der Waals surface area contributed by atoms with Crippen LogP contribution in [0.2, 0.25) is 0 Å². The van der Waals surface area contributed by atoms with E-state index in [-0.39, 0.29) is 12.5 Å². The first kappa shape index (κ1) is 63.5. The lowest BCUT2D eigenvalue weighted by atomic mass is 10.0. The van der Waals surface area contributed by atoms with Gasteiger partial charge in [0.2, 0.25) is 5.91 Å². The molecule has 0 fully saturated rings. The zero-order valence-electron chi connectivity index (χ0n) is 43.4. The van der Waals surface area contributed by atoms with Gasteiger partial charge in [-0.1, -0.05) is 229 Å². The van der Waals surface area contributed by atoms with E-state index in [2.05, 4.69) is 55.6 Å². The average molecular weight is 935 g/mol. The minimum atomic E-state index is -4.61. The summed E-state index contributed by atoms with van der Waals surface area (Å²) in [5.41, 5.74) is 0. The van der Waals surface area contributed by atoms with Gasteiger partial charge >= 0.3 is 0 Å². The van der Waals surface area contributed by atoms with E-state index in [1.54, 1.807) is 6.08 Å². The Morgan fingerprint density at radius 2 is 0.908 bits per heavy atom. The number of phosphoric ester groups is 1. The van der Waals surface area contributed by atoms with Gasteiger partial charge in [-0.2, -0.15) is 0 Å². The van der Waals surface area contributed by atoms with Gasteiger partial charge in [0.25, 0.3) is 7.82 Å². The van der Waals surface area contributed by atoms with Gasteiger partial charge < -0.3 is 28.8 Å². The number of nitrogens with one attached hydrogen (secondary N) is 1. The van der Waals surface area contributed by atoms with Crippen LogP contribution in [0.25, 0.3) is 0 Å². The normalized spacial score (nSPS) is 14.4. The molecule has 0 heterocycles. The van der Waals surface area contributed by atoms with E-state index in [1.165, 1.54) is 173 Å². The number of allylic oxidation sites excluding steroid dienone is 7. The Labute approximate surface area is 403 Å². The number of rotatable bonds is 50. The predicted molar refractivity (Wildman–Crippen MR) is 279 cm³/mol. The zero-order valence-corrected chi connectivity index (χ0v) is 44.3. The number of hydrogen-bond donors (Lipinski definition) is 2. The molecule has 0 bridgehead atoms. The highest BCUT2D eigenvalue weighted by molar-refractivity contribution is 7.45. The van der Waals surface area contributed by atoms with Crippen molar-refractivity contribution in [3.8, 4) is 0 Å². The smallest absolute Gasteiger partial charge is 0.268 e. The highest BCUT2D eigenvalue weighted by Gasteiger charge is 2.23. The molecule has 0 radical (unpaired) electrons. The molecule has 8 nitrogen and oxygen atoms in total. The second kappa shape index (κ2) is 47.5. The summed E-state index contributed by atoms with van der Waals surface area (Å²) in [6.07, 6.45) is 61.8. The Hall–Kier alpha value is -1.54. The van der Waals surface area contributed by atoms with E-state index in [9.17, 15) is 19.4 Å². The quantitative estimate of drug-likeness (QED) is 0.0272. The number of phosphoric acid groups is 1. The number of hydrogen-bond acceptors (Lipinski definition) is 6.